The van der Waals surface area contributed by atoms with Crippen molar-refractivity contribution in [2.75, 3.05) is 5.32 Å². The van der Waals surface area contributed by atoms with Crippen LogP contribution >= 0.6 is 34.8 Å². The Morgan fingerprint density at radius 1 is 0.903 bits per heavy atom. The average Bonchev–Trinajstić information content (AvgIpc) is 2.78. The first-order chi connectivity index (χ1) is 14.9. The van der Waals surface area contributed by atoms with Crippen LogP contribution in [0.2, 0.25) is 15.1 Å². The van der Waals surface area contributed by atoms with Crippen molar-refractivity contribution < 1.29 is 4.79 Å². The monoisotopic (exact) mass is 468 g/mol. The lowest BCUT2D eigenvalue weighted by Gasteiger charge is -2.13. The van der Waals surface area contributed by atoms with Gasteiger partial charge in [0.2, 0.25) is 0 Å². The van der Waals surface area contributed by atoms with E-state index < -0.39 is 0 Å². The molecule has 1 N–H and O–H groups in total. The Labute approximate surface area is 196 Å². The van der Waals surface area contributed by atoms with Gasteiger partial charge in [0.05, 0.1) is 26.8 Å². The second-order valence-electron chi connectivity index (χ2n) is 7.26. The molecule has 0 aliphatic rings. The molecule has 0 saturated heterocycles. The molecular formula is C25H19Cl3N2O. The fraction of sp³-hybridized carbons (Fsp3) is 0.120. The fourth-order valence-electron chi connectivity index (χ4n) is 3.42. The number of halogens is 3. The number of rotatable bonds is 4. The number of carbonyl (C=O) groups is 1. The molecule has 0 spiro atoms. The highest BCUT2D eigenvalue weighted by molar-refractivity contribution is 6.42. The molecule has 0 aliphatic heterocycles. The Balaban J connectivity index is 1.84. The van der Waals surface area contributed by atoms with Crippen molar-refractivity contribution >= 4 is 57.3 Å². The topological polar surface area (TPSA) is 42.0 Å². The van der Waals surface area contributed by atoms with Gasteiger partial charge in [-0.2, -0.15) is 0 Å². The van der Waals surface area contributed by atoms with Crippen molar-refractivity contribution in [2.45, 2.75) is 20.3 Å². The number of hydrogen-bond donors (Lipinski definition) is 1. The molecule has 0 radical (unpaired) electrons. The van der Waals surface area contributed by atoms with Crippen LogP contribution in [0.1, 0.15) is 28.4 Å². The quantitative estimate of drug-likeness (QED) is 0.329. The smallest absolute Gasteiger partial charge is 0.256 e. The van der Waals surface area contributed by atoms with E-state index in [0.717, 1.165) is 22.9 Å². The predicted molar refractivity (Wildman–Crippen MR) is 131 cm³/mol. The summed E-state index contributed by atoms with van der Waals surface area (Å²) in [4.78, 5) is 18.1. The van der Waals surface area contributed by atoms with E-state index in [1.807, 2.05) is 31.2 Å². The average molecular weight is 470 g/mol. The number of nitrogens with one attached hydrogen (secondary N) is 1. The summed E-state index contributed by atoms with van der Waals surface area (Å²) in [5.74, 6) is -0.265. The molecule has 1 amide bonds. The summed E-state index contributed by atoms with van der Waals surface area (Å²) in [6.45, 7) is 4.02. The van der Waals surface area contributed by atoms with E-state index in [2.05, 4.69) is 24.4 Å². The van der Waals surface area contributed by atoms with E-state index >= 15 is 0 Å². The Morgan fingerprint density at radius 3 is 2.29 bits per heavy atom. The van der Waals surface area contributed by atoms with Crippen molar-refractivity contribution in [1.82, 2.24) is 4.98 Å². The Morgan fingerprint density at radius 2 is 1.61 bits per heavy atom. The fourth-order valence-corrected chi connectivity index (χ4v) is 3.87. The summed E-state index contributed by atoms with van der Waals surface area (Å²) >= 11 is 18.4. The molecule has 0 fully saturated rings. The van der Waals surface area contributed by atoms with Crippen LogP contribution in [0.25, 0.3) is 22.2 Å². The number of benzene rings is 3. The molecule has 31 heavy (non-hydrogen) atoms. The molecule has 0 unspecified atom stereocenters. The van der Waals surface area contributed by atoms with Gasteiger partial charge in [0.15, 0.2) is 0 Å². The summed E-state index contributed by atoms with van der Waals surface area (Å²) in [7, 11) is 0. The van der Waals surface area contributed by atoms with Gasteiger partial charge in [-0.1, -0.05) is 72.1 Å². The second-order valence-corrected chi connectivity index (χ2v) is 8.48. The van der Waals surface area contributed by atoms with Gasteiger partial charge < -0.3 is 5.32 Å². The minimum atomic E-state index is -0.265. The number of carbonyl (C=O) groups excluding carboxylic acids is 1. The summed E-state index contributed by atoms with van der Waals surface area (Å²) in [5.41, 5.74) is 5.47. The van der Waals surface area contributed by atoms with Gasteiger partial charge >= 0.3 is 0 Å². The van der Waals surface area contributed by atoms with Crippen molar-refractivity contribution in [3.63, 3.8) is 0 Å². The minimum Gasteiger partial charge on any atom is -0.322 e. The predicted octanol–water partition coefficient (Wildman–Crippen LogP) is 7.99. The summed E-state index contributed by atoms with van der Waals surface area (Å²) in [6.07, 6.45) is 0.956. The SMILES string of the molecule is CCc1ccc(-c2cc(C(=O)Nc3ccc(Cl)c(Cl)c3)c3ccc(Cl)c(C)c3n2)cc1. The lowest BCUT2D eigenvalue weighted by molar-refractivity contribution is 0.102. The van der Waals surface area contributed by atoms with Gasteiger partial charge in [0.25, 0.3) is 5.91 Å². The van der Waals surface area contributed by atoms with E-state index in [4.69, 9.17) is 39.8 Å². The third-order valence-corrected chi connectivity index (χ3v) is 6.40. The largest absolute Gasteiger partial charge is 0.322 e. The molecule has 0 bridgehead atoms. The third kappa shape index (κ3) is 4.40. The van der Waals surface area contributed by atoms with E-state index in [1.54, 1.807) is 24.3 Å². The molecule has 0 saturated carbocycles. The Bertz CT molecular complexity index is 1300. The number of anilines is 1. The maximum Gasteiger partial charge on any atom is 0.256 e. The van der Waals surface area contributed by atoms with Gasteiger partial charge in [-0.25, -0.2) is 4.98 Å². The molecule has 156 valence electrons. The number of fused-ring (bicyclic) bond motifs is 1. The Hall–Kier alpha value is -2.59. The van der Waals surface area contributed by atoms with Gasteiger partial charge in [-0.15, -0.1) is 0 Å². The number of aryl methyl sites for hydroxylation is 2. The molecule has 1 aromatic heterocycles. The molecule has 3 nitrogen and oxygen atoms in total. The van der Waals surface area contributed by atoms with Gasteiger partial charge in [-0.3, -0.25) is 4.79 Å². The number of amides is 1. The van der Waals surface area contributed by atoms with Crippen LogP contribution in [0.5, 0.6) is 0 Å². The van der Waals surface area contributed by atoms with Crippen molar-refractivity contribution in [1.29, 1.82) is 0 Å². The van der Waals surface area contributed by atoms with Crippen LogP contribution in [-0.4, -0.2) is 10.9 Å². The first kappa shape index (κ1) is 21.6. The molecule has 0 atom stereocenters. The molecule has 6 heteroatoms. The minimum absolute atomic E-state index is 0.265. The van der Waals surface area contributed by atoms with Crippen LogP contribution in [0.3, 0.4) is 0 Å². The first-order valence-electron chi connectivity index (χ1n) is 9.83. The molecule has 1 heterocycles. The lowest BCUT2D eigenvalue weighted by atomic mass is 10.0. The second kappa shape index (κ2) is 8.88. The summed E-state index contributed by atoms with van der Waals surface area (Å²) < 4.78 is 0. The molecule has 0 aliphatic carbocycles. The van der Waals surface area contributed by atoms with E-state index in [1.165, 1.54) is 5.56 Å². The van der Waals surface area contributed by atoms with Crippen LogP contribution in [0, 0.1) is 6.92 Å². The van der Waals surface area contributed by atoms with Crippen molar-refractivity contribution in [2.24, 2.45) is 0 Å². The molecule has 4 rings (SSSR count). The molecular weight excluding hydrogens is 451 g/mol. The van der Waals surface area contributed by atoms with Crippen molar-refractivity contribution in [3.8, 4) is 11.3 Å². The zero-order chi connectivity index (χ0) is 22.1. The highest BCUT2D eigenvalue weighted by atomic mass is 35.5. The molecule has 3 aromatic carbocycles. The van der Waals surface area contributed by atoms with E-state index in [-0.39, 0.29) is 5.91 Å². The van der Waals surface area contributed by atoms with E-state index in [0.29, 0.717) is 37.5 Å². The van der Waals surface area contributed by atoms with Gasteiger partial charge in [0.1, 0.15) is 0 Å². The third-order valence-electron chi connectivity index (χ3n) is 5.25. The highest BCUT2D eigenvalue weighted by Crippen LogP contribution is 2.31. The zero-order valence-electron chi connectivity index (χ0n) is 17.0. The van der Waals surface area contributed by atoms with Gasteiger partial charge in [0, 0.05) is 21.7 Å². The van der Waals surface area contributed by atoms with Crippen LogP contribution in [-0.2, 0) is 6.42 Å². The first-order valence-corrected chi connectivity index (χ1v) is 11.0. The number of pyridine rings is 1. The summed E-state index contributed by atoms with van der Waals surface area (Å²) in [5, 5.41) is 5.04. The number of aromatic nitrogens is 1. The van der Waals surface area contributed by atoms with Crippen LogP contribution in [0.15, 0.2) is 60.7 Å². The normalized spacial score (nSPS) is 11.0. The Kier molecular flexibility index (Phi) is 6.19. The lowest BCUT2D eigenvalue weighted by Crippen LogP contribution is -2.13. The maximum absolute atomic E-state index is 13.3. The van der Waals surface area contributed by atoms with Crippen LogP contribution < -0.4 is 5.32 Å². The molecule has 4 aromatic rings. The van der Waals surface area contributed by atoms with Crippen molar-refractivity contribution in [3.05, 3.63) is 92.4 Å². The number of nitrogens with zero attached hydrogens (tertiary/aromatic N) is 1. The highest BCUT2D eigenvalue weighted by Gasteiger charge is 2.17. The number of hydrogen-bond acceptors (Lipinski definition) is 2. The maximum atomic E-state index is 13.3. The van der Waals surface area contributed by atoms with E-state index in [9.17, 15) is 4.79 Å². The zero-order valence-corrected chi connectivity index (χ0v) is 19.2. The van der Waals surface area contributed by atoms with Gasteiger partial charge in [-0.05, 0) is 54.8 Å². The standard InChI is InChI=1S/C25H19Cl3N2O/c1-3-15-4-6-16(7-5-15)23-13-19(18-9-11-20(26)14(2)24(18)30-23)25(31)29-17-8-10-21(27)22(28)12-17/h4-13H,3H2,1-2H3,(H,29,31). The summed E-state index contributed by atoms with van der Waals surface area (Å²) in [6, 6.07) is 18.6. The van der Waals surface area contributed by atoms with Crippen LogP contribution in [0.4, 0.5) is 5.69 Å².